The van der Waals surface area contributed by atoms with Gasteiger partial charge in [-0.15, -0.1) is 11.6 Å². The van der Waals surface area contributed by atoms with Gasteiger partial charge < -0.3 is 0 Å². The van der Waals surface area contributed by atoms with E-state index < -0.39 is 0 Å². The first kappa shape index (κ1) is 9.27. The molecule has 0 aliphatic heterocycles. The Morgan fingerprint density at radius 3 is 2.71 bits per heavy atom. The van der Waals surface area contributed by atoms with Crippen LogP contribution in [0.2, 0.25) is 0 Å². The minimum Gasteiger partial charge on any atom is -0.271 e. The minimum atomic E-state index is 0.432. The van der Waals surface area contributed by atoms with Crippen LogP contribution in [0.15, 0.2) is 24.5 Å². The second kappa shape index (κ2) is 3.84. The highest BCUT2D eigenvalue weighted by Crippen LogP contribution is 2.06. The summed E-state index contributed by atoms with van der Waals surface area (Å²) < 4.78 is 3.58. The van der Waals surface area contributed by atoms with E-state index in [4.69, 9.17) is 11.6 Å². The number of halogens is 1. The van der Waals surface area contributed by atoms with Gasteiger partial charge in [-0.1, -0.05) is 0 Å². The zero-order chi connectivity index (χ0) is 9.97. The predicted molar refractivity (Wildman–Crippen MR) is 54.6 cm³/mol. The maximum absolute atomic E-state index is 5.66. The van der Waals surface area contributed by atoms with Crippen molar-refractivity contribution in [3.8, 4) is 5.82 Å². The van der Waals surface area contributed by atoms with Gasteiger partial charge in [0.25, 0.3) is 0 Å². The monoisotopic (exact) mass is 210 g/mol. The Balaban J connectivity index is 2.29. The lowest BCUT2D eigenvalue weighted by molar-refractivity contribution is 0.645. The van der Waals surface area contributed by atoms with Gasteiger partial charge in [-0.05, 0) is 13.0 Å². The lowest BCUT2D eigenvalue weighted by Crippen LogP contribution is -2.00. The van der Waals surface area contributed by atoms with Crippen LogP contribution < -0.4 is 0 Å². The summed E-state index contributed by atoms with van der Waals surface area (Å²) in [5, 5.41) is 8.58. The van der Waals surface area contributed by atoms with Gasteiger partial charge >= 0.3 is 0 Å². The molecule has 0 aliphatic carbocycles. The van der Waals surface area contributed by atoms with Gasteiger partial charge in [0, 0.05) is 25.0 Å². The van der Waals surface area contributed by atoms with E-state index in [-0.39, 0.29) is 0 Å². The van der Waals surface area contributed by atoms with Gasteiger partial charge in [-0.3, -0.25) is 4.68 Å². The van der Waals surface area contributed by atoms with E-state index in [9.17, 15) is 0 Å². The Kier molecular flexibility index (Phi) is 2.54. The third-order valence-electron chi connectivity index (χ3n) is 1.97. The van der Waals surface area contributed by atoms with E-state index in [1.165, 1.54) is 0 Å². The van der Waals surface area contributed by atoms with Crippen LogP contribution in [-0.4, -0.2) is 19.6 Å². The summed E-state index contributed by atoms with van der Waals surface area (Å²) >= 11 is 5.66. The average Bonchev–Trinajstić information content (AvgIpc) is 2.86. The molecule has 2 heterocycles. The zero-order valence-corrected chi connectivity index (χ0v) is 8.65. The molecule has 0 atom stereocenters. The summed E-state index contributed by atoms with van der Waals surface area (Å²) in [5.41, 5.74) is 0.859. The molecule has 2 rings (SSSR count). The van der Waals surface area contributed by atoms with Gasteiger partial charge in [0.2, 0.25) is 0 Å². The largest absolute Gasteiger partial charge is 0.271 e. The number of aromatic nitrogens is 4. The Hall–Kier alpha value is -1.29. The van der Waals surface area contributed by atoms with Crippen LogP contribution in [0.4, 0.5) is 0 Å². The molecule has 4 nitrogen and oxygen atoms in total. The maximum Gasteiger partial charge on any atom is 0.174 e. The van der Waals surface area contributed by atoms with E-state index in [2.05, 4.69) is 10.2 Å². The molecule has 0 bridgehead atoms. The highest BCUT2D eigenvalue weighted by atomic mass is 35.5. The summed E-state index contributed by atoms with van der Waals surface area (Å²) in [6.07, 6.45) is 3.79. The molecule has 0 saturated carbocycles. The van der Waals surface area contributed by atoms with Crippen LogP contribution in [-0.2, 0) is 12.4 Å². The molecule has 14 heavy (non-hydrogen) atoms. The second-order valence-corrected chi connectivity index (χ2v) is 3.18. The Bertz CT molecular complexity index is 378. The van der Waals surface area contributed by atoms with Crippen molar-refractivity contribution in [2.45, 2.75) is 19.3 Å². The van der Waals surface area contributed by atoms with Crippen LogP contribution in [0, 0.1) is 0 Å². The Morgan fingerprint density at radius 2 is 2.14 bits per heavy atom. The quantitative estimate of drug-likeness (QED) is 0.725. The van der Waals surface area contributed by atoms with Gasteiger partial charge in [0.15, 0.2) is 5.82 Å². The summed E-state index contributed by atoms with van der Waals surface area (Å²) in [6, 6.07) is 3.81. The van der Waals surface area contributed by atoms with E-state index in [1.54, 1.807) is 4.68 Å². The third-order valence-corrected chi connectivity index (χ3v) is 2.24. The summed E-state index contributed by atoms with van der Waals surface area (Å²) in [6.45, 7) is 2.91. The van der Waals surface area contributed by atoms with Crippen molar-refractivity contribution in [3.63, 3.8) is 0 Å². The molecule has 0 radical (unpaired) electrons. The third kappa shape index (κ3) is 1.65. The molecule has 74 valence electrons. The topological polar surface area (TPSA) is 35.6 Å². The van der Waals surface area contributed by atoms with Crippen LogP contribution in [0.3, 0.4) is 0 Å². The molecule has 0 aliphatic rings. The van der Waals surface area contributed by atoms with Crippen molar-refractivity contribution in [1.29, 1.82) is 0 Å². The van der Waals surface area contributed by atoms with Gasteiger partial charge in [-0.25, -0.2) is 4.68 Å². The second-order valence-electron chi connectivity index (χ2n) is 2.91. The van der Waals surface area contributed by atoms with Crippen LogP contribution >= 0.6 is 11.6 Å². The lowest BCUT2D eigenvalue weighted by atomic mass is 10.5. The molecule has 0 spiro atoms. The molecule has 2 aromatic heterocycles. The zero-order valence-electron chi connectivity index (χ0n) is 7.89. The molecule has 0 aromatic carbocycles. The van der Waals surface area contributed by atoms with Crippen molar-refractivity contribution >= 4 is 11.6 Å². The van der Waals surface area contributed by atoms with Crippen molar-refractivity contribution in [1.82, 2.24) is 19.6 Å². The van der Waals surface area contributed by atoms with E-state index in [0.29, 0.717) is 5.88 Å². The predicted octanol–water partition coefficient (Wildman–Crippen LogP) is 1.83. The summed E-state index contributed by atoms with van der Waals surface area (Å²) in [4.78, 5) is 0. The molecular formula is C9H11ClN4. The maximum atomic E-state index is 5.66. The Morgan fingerprint density at radius 1 is 1.29 bits per heavy atom. The molecule has 0 saturated heterocycles. The minimum absolute atomic E-state index is 0.432. The van der Waals surface area contributed by atoms with Crippen molar-refractivity contribution in [2.24, 2.45) is 0 Å². The standard InChI is InChI=1S/C9H11ClN4/c1-2-13-5-4-9(12-13)14-6-3-8(7-10)11-14/h3-6H,2,7H2,1H3. The van der Waals surface area contributed by atoms with Gasteiger partial charge in [-0.2, -0.15) is 10.2 Å². The number of nitrogens with zero attached hydrogens (tertiary/aromatic N) is 4. The van der Waals surface area contributed by atoms with E-state index in [0.717, 1.165) is 18.1 Å². The first-order valence-electron chi connectivity index (χ1n) is 4.48. The number of alkyl halides is 1. The molecule has 0 N–H and O–H groups in total. The highest BCUT2D eigenvalue weighted by Gasteiger charge is 2.02. The van der Waals surface area contributed by atoms with Crippen LogP contribution in [0.25, 0.3) is 5.82 Å². The number of hydrogen-bond donors (Lipinski definition) is 0. The van der Waals surface area contributed by atoms with Crippen LogP contribution in [0.1, 0.15) is 12.6 Å². The molecule has 0 fully saturated rings. The molecule has 0 amide bonds. The number of hydrogen-bond acceptors (Lipinski definition) is 2. The summed E-state index contributed by atoms with van der Waals surface area (Å²) in [5.74, 6) is 1.25. The van der Waals surface area contributed by atoms with Gasteiger partial charge in [0.05, 0.1) is 11.6 Å². The Labute approximate surface area is 87.1 Å². The molecular weight excluding hydrogens is 200 g/mol. The van der Waals surface area contributed by atoms with Crippen molar-refractivity contribution < 1.29 is 0 Å². The fourth-order valence-electron chi connectivity index (χ4n) is 1.21. The fourth-order valence-corrected chi connectivity index (χ4v) is 1.35. The smallest absolute Gasteiger partial charge is 0.174 e. The first-order valence-corrected chi connectivity index (χ1v) is 5.01. The van der Waals surface area contributed by atoms with Crippen molar-refractivity contribution in [2.75, 3.05) is 0 Å². The summed E-state index contributed by atoms with van der Waals surface area (Å²) in [7, 11) is 0. The fraction of sp³-hybridized carbons (Fsp3) is 0.333. The number of rotatable bonds is 3. The lowest BCUT2D eigenvalue weighted by Gasteiger charge is -1.95. The molecule has 0 unspecified atom stereocenters. The van der Waals surface area contributed by atoms with Crippen LogP contribution in [0.5, 0.6) is 0 Å². The van der Waals surface area contributed by atoms with E-state index in [1.807, 2.05) is 36.1 Å². The number of aryl methyl sites for hydroxylation is 1. The van der Waals surface area contributed by atoms with E-state index >= 15 is 0 Å². The normalized spacial score (nSPS) is 10.7. The first-order chi connectivity index (χ1) is 6.83. The average molecular weight is 211 g/mol. The highest BCUT2D eigenvalue weighted by molar-refractivity contribution is 6.16. The molecule has 5 heteroatoms. The van der Waals surface area contributed by atoms with Crippen molar-refractivity contribution in [3.05, 3.63) is 30.2 Å². The molecule has 2 aromatic rings. The SMILES string of the molecule is CCn1ccc(-n2ccc(CCl)n2)n1. The van der Waals surface area contributed by atoms with Gasteiger partial charge in [0.1, 0.15) is 0 Å².